The molecule has 7 atom stereocenters. The molecule has 0 amide bonds. The first-order chi connectivity index (χ1) is 16.8. The number of alkyl halides is 1. The van der Waals surface area contributed by atoms with Crippen LogP contribution < -0.4 is 0 Å². The van der Waals surface area contributed by atoms with Crippen LogP contribution in [0, 0.1) is 24.2 Å². The molecular weight excluding hydrogens is 485 g/mol. The standard InChI is InChI=1S/C27H36FNO6S/c1-14-7-6-10-27(28)22(35-27)12-19(17-8-9-20-18(11-17)29-16(3)36-20)34-23(31)13-21(30)26(4,5)25(33)15(2)24(14)32/h8-9,11,14-15,19,21-22,24,30,32H,6-7,10,12-13H2,1-5H3/t14-,15+,19-,21-,22-,24-,27+/m0/s1. The van der Waals surface area contributed by atoms with Crippen LogP contribution in [0.5, 0.6) is 0 Å². The monoisotopic (exact) mass is 521 g/mol. The molecule has 3 heterocycles. The smallest absolute Gasteiger partial charge is 0.309 e. The summed E-state index contributed by atoms with van der Waals surface area (Å²) < 4.78 is 27.5. The van der Waals surface area contributed by atoms with E-state index in [-0.39, 0.29) is 24.5 Å². The summed E-state index contributed by atoms with van der Waals surface area (Å²) in [4.78, 5) is 30.6. The number of epoxide rings is 1. The van der Waals surface area contributed by atoms with Gasteiger partial charge in [0.25, 0.3) is 0 Å². The number of carbonyl (C=O) groups excluding carboxylic acids is 2. The van der Waals surface area contributed by atoms with E-state index in [0.717, 1.165) is 15.2 Å². The van der Waals surface area contributed by atoms with Gasteiger partial charge in [-0.05, 0) is 43.4 Å². The number of nitrogens with zero attached hydrogens (tertiary/aromatic N) is 1. The Balaban J connectivity index is 1.61. The Kier molecular flexibility index (Phi) is 7.59. The summed E-state index contributed by atoms with van der Waals surface area (Å²) in [5.41, 5.74) is 0.182. The van der Waals surface area contributed by atoms with Crippen molar-refractivity contribution in [2.24, 2.45) is 17.3 Å². The maximum absolute atomic E-state index is 15.3. The number of rotatable bonds is 1. The van der Waals surface area contributed by atoms with Crippen LogP contribution in [0.2, 0.25) is 0 Å². The lowest BCUT2D eigenvalue weighted by Gasteiger charge is -2.34. The number of ether oxygens (including phenoxy) is 2. The van der Waals surface area contributed by atoms with Crippen molar-refractivity contribution in [3.63, 3.8) is 0 Å². The molecule has 0 spiro atoms. The van der Waals surface area contributed by atoms with Crippen molar-refractivity contribution < 1.29 is 33.7 Å². The minimum Gasteiger partial charge on any atom is -0.457 e. The van der Waals surface area contributed by atoms with E-state index in [1.165, 1.54) is 0 Å². The second-order valence-corrected chi connectivity index (χ2v) is 12.3. The third-order valence-electron chi connectivity index (χ3n) is 7.87. The highest BCUT2D eigenvalue weighted by molar-refractivity contribution is 7.18. The van der Waals surface area contributed by atoms with Crippen LogP contribution in [0.15, 0.2) is 18.2 Å². The fourth-order valence-electron chi connectivity index (χ4n) is 5.21. The molecule has 198 valence electrons. The van der Waals surface area contributed by atoms with Gasteiger partial charge in [0.15, 0.2) is 0 Å². The Bertz CT molecular complexity index is 1130. The molecule has 2 aromatic rings. The van der Waals surface area contributed by atoms with Gasteiger partial charge < -0.3 is 19.7 Å². The van der Waals surface area contributed by atoms with E-state index in [2.05, 4.69) is 4.98 Å². The van der Waals surface area contributed by atoms with Crippen LogP contribution in [-0.2, 0) is 19.1 Å². The molecule has 2 aliphatic rings. The molecule has 2 fully saturated rings. The van der Waals surface area contributed by atoms with Gasteiger partial charge >= 0.3 is 5.97 Å². The van der Waals surface area contributed by atoms with Crippen LogP contribution in [0.1, 0.15) is 76.5 Å². The molecule has 7 nitrogen and oxygen atoms in total. The van der Waals surface area contributed by atoms with Gasteiger partial charge in [-0.1, -0.05) is 33.8 Å². The van der Waals surface area contributed by atoms with Gasteiger partial charge in [0.1, 0.15) is 18.0 Å². The lowest BCUT2D eigenvalue weighted by Crippen LogP contribution is -2.45. The maximum atomic E-state index is 15.3. The first-order valence-corrected chi connectivity index (χ1v) is 13.5. The minimum absolute atomic E-state index is 0.129. The number of fused-ring (bicyclic) bond motifs is 2. The number of Topliss-reactive ketones (excluding diaryl/α,β-unsaturated/α-hetero) is 1. The van der Waals surface area contributed by atoms with Crippen molar-refractivity contribution in [2.45, 2.75) is 97.0 Å². The highest BCUT2D eigenvalue weighted by atomic mass is 32.1. The Labute approximate surface area is 215 Å². The van der Waals surface area contributed by atoms with Crippen molar-refractivity contribution in [3.05, 3.63) is 28.8 Å². The molecule has 4 rings (SSSR count). The van der Waals surface area contributed by atoms with E-state index in [9.17, 15) is 19.8 Å². The molecule has 2 N–H and O–H groups in total. The van der Waals surface area contributed by atoms with Crippen LogP contribution >= 0.6 is 11.3 Å². The van der Waals surface area contributed by atoms with Crippen LogP contribution in [-0.4, -0.2) is 51.1 Å². The molecule has 0 unspecified atom stereocenters. The molecule has 2 aliphatic heterocycles. The lowest BCUT2D eigenvalue weighted by atomic mass is 9.73. The summed E-state index contributed by atoms with van der Waals surface area (Å²) in [6, 6.07) is 5.59. The molecule has 0 radical (unpaired) electrons. The van der Waals surface area contributed by atoms with Crippen LogP contribution in [0.25, 0.3) is 10.2 Å². The Morgan fingerprint density at radius 1 is 1.19 bits per heavy atom. The molecule has 0 saturated carbocycles. The Hall–Kier alpha value is -1.94. The zero-order chi connectivity index (χ0) is 26.4. The lowest BCUT2D eigenvalue weighted by molar-refractivity contribution is -0.156. The number of aromatic nitrogens is 1. The topological polar surface area (TPSA) is 109 Å². The number of carbonyl (C=O) groups is 2. The number of esters is 1. The van der Waals surface area contributed by atoms with Crippen molar-refractivity contribution in [1.29, 1.82) is 0 Å². The predicted molar refractivity (Wildman–Crippen MR) is 134 cm³/mol. The quantitative estimate of drug-likeness (QED) is 0.410. The van der Waals surface area contributed by atoms with Gasteiger partial charge in [0.2, 0.25) is 5.85 Å². The molecule has 9 heteroatoms. The summed E-state index contributed by atoms with van der Waals surface area (Å²) >= 11 is 1.56. The van der Waals surface area contributed by atoms with Gasteiger partial charge in [0, 0.05) is 18.8 Å². The number of hydrogen-bond donors (Lipinski definition) is 2. The number of cyclic esters (lactones) is 1. The molecule has 0 bridgehead atoms. The number of aliphatic hydroxyl groups excluding tert-OH is 2. The SMILES string of the molecule is Cc1nc2cc([C@@H]3C[C@@H]4O[C@]4(F)CCC[C@H](C)[C@H](O)[C@@H](C)C(=O)C(C)(C)[C@@H](O)CC(=O)O3)ccc2s1. The van der Waals surface area contributed by atoms with Crippen molar-refractivity contribution >= 4 is 33.3 Å². The Morgan fingerprint density at radius 2 is 1.92 bits per heavy atom. The summed E-state index contributed by atoms with van der Waals surface area (Å²) in [7, 11) is 0. The van der Waals surface area contributed by atoms with Crippen molar-refractivity contribution in [2.75, 3.05) is 0 Å². The normalized spacial score (nSPS) is 36.3. The number of benzene rings is 1. The minimum atomic E-state index is -1.81. The number of hydrogen-bond acceptors (Lipinski definition) is 8. The highest BCUT2D eigenvalue weighted by Gasteiger charge is 2.58. The van der Waals surface area contributed by atoms with Gasteiger partial charge in [-0.3, -0.25) is 9.59 Å². The second-order valence-electron chi connectivity index (χ2n) is 11.0. The Morgan fingerprint density at radius 3 is 2.64 bits per heavy atom. The van der Waals surface area contributed by atoms with E-state index in [1.807, 2.05) is 32.0 Å². The van der Waals surface area contributed by atoms with Crippen LogP contribution in [0.3, 0.4) is 0 Å². The van der Waals surface area contributed by atoms with Crippen molar-refractivity contribution in [3.8, 4) is 0 Å². The highest BCUT2D eigenvalue weighted by Crippen LogP contribution is 2.48. The van der Waals surface area contributed by atoms with E-state index in [0.29, 0.717) is 18.4 Å². The molecule has 36 heavy (non-hydrogen) atoms. The average Bonchev–Trinajstić information content (AvgIpc) is 3.28. The number of aryl methyl sites for hydroxylation is 1. The van der Waals surface area contributed by atoms with Crippen LogP contribution in [0.4, 0.5) is 4.39 Å². The van der Waals surface area contributed by atoms with E-state index >= 15 is 4.39 Å². The van der Waals surface area contributed by atoms with Crippen molar-refractivity contribution in [1.82, 2.24) is 4.98 Å². The fraction of sp³-hybridized carbons (Fsp3) is 0.667. The van der Waals surface area contributed by atoms with Gasteiger partial charge in [-0.2, -0.15) is 0 Å². The molecule has 1 aromatic heterocycles. The summed E-state index contributed by atoms with van der Waals surface area (Å²) in [6.45, 7) is 8.53. The summed E-state index contributed by atoms with van der Waals surface area (Å²) in [5.74, 6) is -3.82. The molecule has 1 aromatic carbocycles. The van der Waals surface area contributed by atoms with E-state index in [4.69, 9.17) is 9.47 Å². The first-order valence-electron chi connectivity index (χ1n) is 12.7. The zero-order valence-electron chi connectivity index (χ0n) is 21.5. The summed E-state index contributed by atoms with van der Waals surface area (Å²) in [5, 5.41) is 22.5. The van der Waals surface area contributed by atoms with Gasteiger partial charge in [0.05, 0.1) is 39.3 Å². The molecular formula is C27H36FNO6S. The summed E-state index contributed by atoms with van der Waals surface area (Å²) in [6.07, 6.45) is -2.87. The third-order valence-corrected chi connectivity index (χ3v) is 8.82. The third kappa shape index (κ3) is 5.49. The number of aliphatic hydroxyl groups is 2. The average molecular weight is 522 g/mol. The van der Waals surface area contributed by atoms with E-state index < -0.39 is 54.0 Å². The second kappa shape index (κ2) is 10.1. The largest absolute Gasteiger partial charge is 0.457 e. The zero-order valence-corrected chi connectivity index (χ0v) is 22.3. The number of ketones is 1. The molecule has 2 saturated heterocycles. The van der Waals surface area contributed by atoms with E-state index in [1.54, 1.807) is 32.1 Å². The maximum Gasteiger partial charge on any atom is 0.309 e. The molecule has 0 aliphatic carbocycles. The first kappa shape index (κ1) is 27.1. The number of thiazole rings is 1. The number of halogens is 1. The predicted octanol–water partition coefficient (Wildman–Crippen LogP) is 4.81. The van der Waals surface area contributed by atoms with Gasteiger partial charge in [-0.15, -0.1) is 11.3 Å². The van der Waals surface area contributed by atoms with Gasteiger partial charge in [-0.25, -0.2) is 9.37 Å². The fourth-order valence-corrected chi connectivity index (χ4v) is 6.02.